The van der Waals surface area contributed by atoms with Gasteiger partial charge in [-0.2, -0.15) is 13.2 Å². The fourth-order valence-electron chi connectivity index (χ4n) is 1.85. The van der Waals surface area contributed by atoms with Crippen molar-refractivity contribution in [1.82, 2.24) is 15.0 Å². The lowest BCUT2D eigenvalue weighted by Crippen LogP contribution is -2.23. The van der Waals surface area contributed by atoms with Crippen molar-refractivity contribution in [3.05, 3.63) is 46.5 Å². The Morgan fingerprint density at radius 2 is 1.95 bits per heavy atom. The summed E-state index contributed by atoms with van der Waals surface area (Å²) in [5.74, 6) is 0. The minimum absolute atomic E-state index is 0.0538. The molecule has 1 N–H and O–H groups in total. The number of H-pyrrole nitrogens is 1. The number of aromatic amines is 1. The van der Waals surface area contributed by atoms with Crippen LogP contribution in [0.5, 0.6) is 0 Å². The van der Waals surface area contributed by atoms with Crippen LogP contribution < -0.4 is 5.56 Å². The molecular formula is C12H6F3N3O. The highest BCUT2D eigenvalue weighted by Crippen LogP contribution is 2.26. The lowest BCUT2D eigenvalue weighted by atomic mass is 10.2. The van der Waals surface area contributed by atoms with Crippen molar-refractivity contribution < 1.29 is 13.2 Å². The second kappa shape index (κ2) is 3.78. The molecule has 4 nitrogen and oxygen atoms in total. The van der Waals surface area contributed by atoms with Gasteiger partial charge in [0.25, 0.3) is 5.56 Å². The second-order valence-electron chi connectivity index (χ2n) is 3.98. The number of pyridine rings is 1. The first-order valence-corrected chi connectivity index (χ1v) is 5.31. The number of nitrogens with zero attached hydrogens (tertiary/aromatic N) is 2. The Bertz CT molecular complexity index is 839. The van der Waals surface area contributed by atoms with Crippen LogP contribution in [0.2, 0.25) is 0 Å². The van der Waals surface area contributed by atoms with Crippen LogP contribution >= 0.6 is 0 Å². The molecule has 0 spiro atoms. The van der Waals surface area contributed by atoms with Gasteiger partial charge in [-0.05, 0) is 18.2 Å². The highest BCUT2D eigenvalue weighted by atomic mass is 19.4. The average molecular weight is 265 g/mol. The SMILES string of the molecule is O=c1[nH]c2cc3cccnc3cc2nc1C(F)(F)F. The van der Waals surface area contributed by atoms with Crippen molar-refractivity contribution in [2.75, 3.05) is 0 Å². The summed E-state index contributed by atoms with van der Waals surface area (Å²) in [6.07, 6.45) is -3.24. The number of alkyl halides is 3. The Kier molecular flexibility index (Phi) is 2.31. The van der Waals surface area contributed by atoms with Crippen molar-refractivity contribution in [3.8, 4) is 0 Å². The fraction of sp³-hybridized carbons (Fsp3) is 0.0833. The molecular weight excluding hydrogens is 259 g/mol. The molecule has 0 unspecified atom stereocenters. The van der Waals surface area contributed by atoms with Gasteiger partial charge in [0.05, 0.1) is 16.6 Å². The molecule has 96 valence electrons. The molecule has 0 aliphatic heterocycles. The Balaban J connectivity index is 2.40. The van der Waals surface area contributed by atoms with Crippen LogP contribution in [0.15, 0.2) is 35.3 Å². The molecule has 0 saturated heterocycles. The maximum absolute atomic E-state index is 12.6. The lowest BCUT2D eigenvalue weighted by Gasteiger charge is -2.06. The third-order valence-electron chi connectivity index (χ3n) is 2.68. The van der Waals surface area contributed by atoms with Crippen LogP contribution in [-0.2, 0) is 6.18 Å². The van der Waals surface area contributed by atoms with Gasteiger partial charge in [-0.25, -0.2) is 4.98 Å². The fourth-order valence-corrected chi connectivity index (χ4v) is 1.85. The van der Waals surface area contributed by atoms with Gasteiger partial charge in [0.2, 0.25) is 5.69 Å². The number of hydrogen-bond donors (Lipinski definition) is 1. The number of fused-ring (bicyclic) bond motifs is 2. The first-order valence-electron chi connectivity index (χ1n) is 5.31. The molecule has 0 radical (unpaired) electrons. The summed E-state index contributed by atoms with van der Waals surface area (Å²) in [4.78, 5) is 21.0. The van der Waals surface area contributed by atoms with Crippen molar-refractivity contribution in [2.45, 2.75) is 6.18 Å². The maximum atomic E-state index is 12.6. The van der Waals surface area contributed by atoms with E-state index in [2.05, 4.69) is 15.0 Å². The van der Waals surface area contributed by atoms with Crippen LogP contribution in [0.25, 0.3) is 21.9 Å². The van der Waals surface area contributed by atoms with Gasteiger partial charge in [0, 0.05) is 11.6 Å². The average Bonchev–Trinajstić information content (AvgIpc) is 2.34. The van der Waals surface area contributed by atoms with Gasteiger partial charge in [0.15, 0.2) is 0 Å². The number of benzene rings is 1. The number of nitrogens with one attached hydrogen (secondary N) is 1. The lowest BCUT2D eigenvalue weighted by molar-refractivity contribution is -0.142. The van der Waals surface area contributed by atoms with Gasteiger partial charge < -0.3 is 4.98 Å². The van der Waals surface area contributed by atoms with E-state index in [1.807, 2.05) is 0 Å². The Morgan fingerprint density at radius 3 is 2.68 bits per heavy atom. The largest absolute Gasteiger partial charge is 0.438 e. The number of halogens is 3. The summed E-state index contributed by atoms with van der Waals surface area (Å²) in [7, 11) is 0. The van der Waals surface area contributed by atoms with Gasteiger partial charge in [-0.15, -0.1) is 0 Å². The van der Waals surface area contributed by atoms with Gasteiger partial charge in [-0.1, -0.05) is 6.07 Å². The Labute approximate surface area is 103 Å². The molecule has 0 aliphatic carbocycles. The van der Waals surface area contributed by atoms with E-state index in [1.54, 1.807) is 18.2 Å². The second-order valence-corrected chi connectivity index (χ2v) is 3.98. The van der Waals surface area contributed by atoms with E-state index in [9.17, 15) is 18.0 Å². The van der Waals surface area contributed by atoms with Crippen LogP contribution in [-0.4, -0.2) is 15.0 Å². The first kappa shape index (κ1) is 11.6. The number of rotatable bonds is 0. The molecule has 2 heterocycles. The maximum Gasteiger partial charge on any atom is 0.438 e. The van der Waals surface area contributed by atoms with Gasteiger partial charge >= 0.3 is 6.18 Å². The summed E-state index contributed by atoms with van der Waals surface area (Å²) in [6.45, 7) is 0. The van der Waals surface area contributed by atoms with E-state index in [0.29, 0.717) is 10.9 Å². The topological polar surface area (TPSA) is 58.6 Å². The summed E-state index contributed by atoms with van der Waals surface area (Å²) < 4.78 is 37.8. The summed E-state index contributed by atoms with van der Waals surface area (Å²) in [6, 6.07) is 6.41. The predicted octanol–water partition coefficient (Wildman–Crippen LogP) is 2.49. The van der Waals surface area contributed by atoms with Crippen molar-refractivity contribution in [1.29, 1.82) is 0 Å². The molecule has 0 fully saturated rings. The van der Waals surface area contributed by atoms with E-state index in [0.717, 1.165) is 0 Å². The number of hydrogen-bond acceptors (Lipinski definition) is 3. The van der Waals surface area contributed by atoms with Gasteiger partial charge in [0.1, 0.15) is 0 Å². The third kappa shape index (κ3) is 1.92. The summed E-state index contributed by atoms with van der Waals surface area (Å²) in [5.41, 5.74) is -1.88. The third-order valence-corrected chi connectivity index (χ3v) is 2.68. The predicted molar refractivity (Wildman–Crippen MR) is 62.7 cm³/mol. The van der Waals surface area contributed by atoms with E-state index in [4.69, 9.17) is 0 Å². The van der Waals surface area contributed by atoms with E-state index in [1.165, 1.54) is 12.3 Å². The van der Waals surface area contributed by atoms with Crippen molar-refractivity contribution in [3.63, 3.8) is 0 Å². The molecule has 2 aromatic heterocycles. The van der Waals surface area contributed by atoms with Gasteiger partial charge in [-0.3, -0.25) is 9.78 Å². The molecule has 1 aromatic carbocycles. The zero-order valence-corrected chi connectivity index (χ0v) is 9.32. The van der Waals surface area contributed by atoms with Crippen LogP contribution in [0.3, 0.4) is 0 Å². The zero-order valence-electron chi connectivity index (χ0n) is 9.32. The highest BCUT2D eigenvalue weighted by molar-refractivity contribution is 5.92. The highest BCUT2D eigenvalue weighted by Gasteiger charge is 2.36. The molecule has 7 heteroatoms. The Hall–Kier alpha value is -2.44. The molecule has 0 atom stereocenters. The molecule has 3 rings (SSSR count). The monoisotopic (exact) mass is 265 g/mol. The zero-order chi connectivity index (χ0) is 13.6. The number of aromatic nitrogens is 3. The molecule has 3 aromatic rings. The van der Waals surface area contributed by atoms with E-state index >= 15 is 0 Å². The van der Waals surface area contributed by atoms with Crippen LogP contribution in [0, 0.1) is 0 Å². The summed E-state index contributed by atoms with van der Waals surface area (Å²) in [5, 5.41) is 0.715. The van der Waals surface area contributed by atoms with Crippen molar-refractivity contribution >= 4 is 21.9 Å². The van der Waals surface area contributed by atoms with E-state index in [-0.39, 0.29) is 11.0 Å². The Morgan fingerprint density at radius 1 is 1.16 bits per heavy atom. The molecule has 0 amide bonds. The normalized spacial score (nSPS) is 12.2. The first-order chi connectivity index (χ1) is 8.95. The minimum Gasteiger partial charge on any atom is -0.319 e. The molecule has 0 aliphatic rings. The smallest absolute Gasteiger partial charge is 0.319 e. The minimum atomic E-state index is -4.78. The van der Waals surface area contributed by atoms with E-state index < -0.39 is 17.4 Å². The van der Waals surface area contributed by atoms with Crippen molar-refractivity contribution in [2.24, 2.45) is 0 Å². The van der Waals surface area contributed by atoms with Crippen LogP contribution in [0.1, 0.15) is 5.69 Å². The standard InChI is InChI=1S/C12H6F3N3O/c13-12(14,15)10-11(19)18-8-4-6-2-1-3-16-7(6)5-9(8)17-10/h1-5H,(H,18,19). The molecule has 19 heavy (non-hydrogen) atoms. The molecule has 0 saturated carbocycles. The molecule has 0 bridgehead atoms. The summed E-state index contributed by atoms with van der Waals surface area (Å²) >= 11 is 0. The van der Waals surface area contributed by atoms with Crippen LogP contribution in [0.4, 0.5) is 13.2 Å². The quantitative estimate of drug-likeness (QED) is 0.635.